The molecule has 4 heteroatoms. The summed E-state index contributed by atoms with van der Waals surface area (Å²) in [5.41, 5.74) is 2.46. The average molecular weight is 285 g/mol. The Bertz CT molecular complexity index is 620. The molecule has 0 aliphatic carbocycles. The summed E-state index contributed by atoms with van der Waals surface area (Å²) in [7, 11) is 0. The first kappa shape index (κ1) is 15.0. The third-order valence-electron chi connectivity index (χ3n) is 3.23. The zero-order valence-corrected chi connectivity index (χ0v) is 12.3. The van der Waals surface area contributed by atoms with Crippen molar-refractivity contribution in [3.05, 3.63) is 47.7 Å². The van der Waals surface area contributed by atoms with Gasteiger partial charge in [-0.1, -0.05) is 13.3 Å². The van der Waals surface area contributed by atoms with Crippen LogP contribution in [0.1, 0.15) is 35.8 Å². The number of hydrogen-bond donors (Lipinski definition) is 1. The Kier molecular flexibility index (Phi) is 4.93. The number of aryl methyl sites for hydroxylation is 1. The third-order valence-corrected chi connectivity index (χ3v) is 3.23. The SMILES string of the molecule is CCCCOc1ccc(-c2ccc(C(=O)O)c(C)n2)cc1. The van der Waals surface area contributed by atoms with Crippen LogP contribution in [-0.2, 0) is 0 Å². The summed E-state index contributed by atoms with van der Waals surface area (Å²) in [5.74, 6) is -0.114. The molecule has 1 N–H and O–H groups in total. The lowest BCUT2D eigenvalue weighted by molar-refractivity contribution is 0.0695. The molecule has 0 radical (unpaired) electrons. The number of rotatable bonds is 6. The number of aromatic nitrogens is 1. The number of nitrogens with zero attached hydrogens (tertiary/aromatic N) is 1. The summed E-state index contributed by atoms with van der Waals surface area (Å²) >= 11 is 0. The van der Waals surface area contributed by atoms with Gasteiger partial charge in [-0.05, 0) is 49.7 Å². The molecule has 0 amide bonds. The fraction of sp³-hybridized carbons (Fsp3) is 0.294. The van der Waals surface area contributed by atoms with Gasteiger partial charge in [-0.2, -0.15) is 0 Å². The molecule has 0 spiro atoms. The highest BCUT2D eigenvalue weighted by molar-refractivity contribution is 5.89. The van der Waals surface area contributed by atoms with Crippen molar-refractivity contribution in [1.29, 1.82) is 0 Å². The molecule has 1 aromatic heterocycles. The van der Waals surface area contributed by atoms with Crippen LogP contribution >= 0.6 is 0 Å². The Morgan fingerprint density at radius 3 is 2.48 bits per heavy atom. The number of pyridine rings is 1. The normalized spacial score (nSPS) is 10.4. The van der Waals surface area contributed by atoms with Gasteiger partial charge >= 0.3 is 5.97 Å². The lowest BCUT2D eigenvalue weighted by Gasteiger charge is -2.07. The van der Waals surface area contributed by atoms with Crippen LogP contribution in [0, 0.1) is 6.92 Å². The number of benzene rings is 1. The number of carboxylic acid groups (broad SMARTS) is 1. The summed E-state index contributed by atoms with van der Waals surface area (Å²) in [5, 5.41) is 9.01. The van der Waals surface area contributed by atoms with Crippen molar-refractivity contribution in [3.63, 3.8) is 0 Å². The zero-order valence-electron chi connectivity index (χ0n) is 12.3. The van der Waals surface area contributed by atoms with E-state index in [1.54, 1.807) is 19.1 Å². The Balaban J connectivity index is 2.15. The molecule has 0 fully saturated rings. The Labute approximate surface area is 124 Å². The first-order valence-electron chi connectivity index (χ1n) is 7.06. The van der Waals surface area contributed by atoms with E-state index < -0.39 is 5.97 Å². The summed E-state index contributed by atoms with van der Waals surface area (Å²) < 4.78 is 5.61. The van der Waals surface area contributed by atoms with E-state index in [2.05, 4.69) is 11.9 Å². The van der Waals surface area contributed by atoms with Gasteiger partial charge in [-0.25, -0.2) is 4.79 Å². The zero-order chi connectivity index (χ0) is 15.2. The number of carbonyl (C=O) groups is 1. The van der Waals surface area contributed by atoms with E-state index in [0.29, 0.717) is 5.69 Å². The van der Waals surface area contributed by atoms with Crippen molar-refractivity contribution in [2.24, 2.45) is 0 Å². The van der Waals surface area contributed by atoms with Crippen molar-refractivity contribution >= 4 is 5.97 Å². The van der Waals surface area contributed by atoms with Gasteiger partial charge in [-0.3, -0.25) is 4.98 Å². The van der Waals surface area contributed by atoms with E-state index in [4.69, 9.17) is 9.84 Å². The van der Waals surface area contributed by atoms with E-state index in [0.717, 1.165) is 36.5 Å². The molecular formula is C17H19NO3. The molecular weight excluding hydrogens is 266 g/mol. The molecule has 21 heavy (non-hydrogen) atoms. The summed E-state index contributed by atoms with van der Waals surface area (Å²) in [6.07, 6.45) is 2.15. The minimum Gasteiger partial charge on any atom is -0.494 e. The van der Waals surface area contributed by atoms with E-state index in [1.807, 2.05) is 24.3 Å². The van der Waals surface area contributed by atoms with Gasteiger partial charge in [0.15, 0.2) is 0 Å². The highest BCUT2D eigenvalue weighted by Crippen LogP contribution is 2.22. The maximum atomic E-state index is 11.0. The maximum Gasteiger partial charge on any atom is 0.337 e. The minimum atomic E-state index is -0.953. The van der Waals surface area contributed by atoms with E-state index in [1.165, 1.54) is 0 Å². The second kappa shape index (κ2) is 6.88. The lowest BCUT2D eigenvalue weighted by atomic mass is 10.1. The van der Waals surface area contributed by atoms with Gasteiger partial charge in [0.2, 0.25) is 0 Å². The Hall–Kier alpha value is -2.36. The second-order valence-corrected chi connectivity index (χ2v) is 4.86. The van der Waals surface area contributed by atoms with Gasteiger partial charge < -0.3 is 9.84 Å². The van der Waals surface area contributed by atoms with Crippen LogP contribution in [0.5, 0.6) is 5.75 Å². The maximum absolute atomic E-state index is 11.0. The molecule has 0 aliphatic heterocycles. The van der Waals surface area contributed by atoms with Crippen molar-refractivity contribution in [1.82, 2.24) is 4.98 Å². The minimum absolute atomic E-state index is 0.235. The van der Waals surface area contributed by atoms with Crippen LogP contribution in [-0.4, -0.2) is 22.7 Å². The molecule has 2 aromatic rings. The van der Waals surface area contributed by atoms with Gasteiger partial charge in [-0.15, -0.1) is 0 Å². The van der Waals surface area contributed by atoms with Gasteiger partial charge in [0.25, 0.3) is 0 Å². The quantitative estimate of drug-likeness (QED) is 0.817. The van der Waals surface area contributed by atoms with E-state index in [9.17, 15) is 4.79 Å². The van der Waals surface area contributed by atoms with Crippen molar-refractivity contribution in [2.45, 2.75) is 26.7 Å². The standard InChI is InChI=1S/C17H19NO3/c1-3-4-11-21-14-7-5-13(6-8-14)16-10-9-15(17(19)20)12(2)18-16/h5-10H,3-4,11H2,1-2H3,(H,19,20). The molecule has 1 aromatic carbocycles. The Morgan fingerprint density at radius 1 is 1.19 bits per heavy atom. The summed E-state index contributed by atoms with van der Waals surface area (Å²) in [4.78, 5) is 15.3. The lowest BCUT2D eigenvalue weighted by Crippen LogP contribution is -2.02. The fourth-order valence-electron chi connectivity index (χ4n) is 2.00. The van der Waals surface area contributed by atoms with Crippen LogP contribution in [0.4, 0.5) is 0 Å². The molecule has 0 saturated carbocycles. The largest absolute Gasteiger partial charge is 0.494 e. The average Bonchev–Trinajstić information content (AvgIpc) is 2.48. The first-order valence-corrected chi connectivity index (χ1v) is 7.06. The molecule has 0 aliphatic rings. The highest BCUT2D eigenvalue weighted by Gasteiger charge is 2.09. The van der Waals surface area contributed by atoms with E-state index in [-0.39, 0.29) is 5.56 Å². The molecule has 2 rings (SSSR count). The van der Waals surface area contributed by atoms with Gasteiger partial charge in [0.1, 0.15) is 5.75 Å². The fourth-order valence-corrected chi connectivity index (χ4v) is 2.00. The molecule has 4 nitrogen and oxygen atoms in total. The van der Waals surface area contributed by atoms with Crippen molar-refractivity contribution in [3.8, 4) is 17.0 Å². The number of carboxylic acids is 1. The Morgan fingerprint density at radius 2 is 1.90 bits per heavy atom. The summed E-state index contributed by atoms with van der Waals surface area (Å²) in [6, 6.07) is 11.0. The molecule has 0 atom stereocenters. The van der Waals surface area contributed by atoms with Crippen LogP contribution < -0.4 is 4.74 Å². The predicted octanol–water partition coefficient (Wildman–Crippen LogP) is 3.93. The van der Waals surface area contributed by atoms with Crippen LogP contribution in [0.2, 0.25) is 0 Å². The molecule has 0 unspecified atom stereocenters. The number of hydrogen-bond acceptors (Lipinski definition) is 3. The van der Waals surface area contributed by atoms with Gasteiger partial charge in [0, 0.05) is 5.56 Å². The highest BCUT2D eigenvalue weighted by atomic mass is 16.5. The van der Waals surface area contributed by atoms with Crippen LogP contribution in [0.15, 0.2) is 36.4 Å². The molecule has 1 heterocycles. The van der Waals surface area contributed by atoms with Gasteiger partial charge in [0.05, 0.1) is 23.6 Å². The third kappa shape index (κ3) is 3.81. The molecule has 110 valence electrons. The number of unbranched alkanes of at least 4 members (excludes halogenated alkanes) is 1. The number of aromatic carboxylic acids is 1. The second-order valence-electron chi connectivity index (χ2n) is 4.86. The molecule has 0 bridgehead atoms. The smallest absolute Gasteiger partial charge is 0.337 e. The monoisotopic (exact) mass is 285 g/mol. The first-order chi connectivity index (χ1) is 10.1. The number of ether oxygens (including phenoxy) is 1. The predicted molar refractivity (Wildman–Crippen MR) is 81.8 cm³/mol. The van der Waals surface area contributed by atoms with Crippen LogP contribution in [0.3, 0.4) is 0 Å². The molecule has 0 saturated heterocycles. The topological polar surface area (TPSA) is 59.4 Å². The van der Waals surface area contributed by atoms with Crippen LogP contribution in [0.25, 0.3) is 11.3 Å². The summed E-state index contributed by atoms with van der Waals surface area (Å²) in [6.45, 7) is 4.55. The van der Waals surface area contributed by atoms with Crippen molar-refractivity contribution < 1.29 is 14.6 Å². The van der Waals surface area contributed by atoms with E-state index >= 15 is 0 Å². The van der Waals surface area contributed by atoms with Crippen molar-refractivity contribution in [2.75, 3.05) is 6.61 Å².